The van der Waals surface area contributed by atoms with Crippen LogP contribution in [0.4, 0.5) is 0 Å². The fraction of sp³-hybridized carbons (Fsp3) is 0.700. The molecule has 1 aromatic rings. The van der Waals surface area contributed by atoms with E-state index in [1.165, 1.54) is 89.4 Å². The van der Waals surface area contributed by atoms with Gasteiger partial charge in [0.05, 0.1) is 0 Å². The Labute approximate surface area is 231 Å². The van der Waals surface area contributed by atoms with Crippen LogP contribution in [-0.2, 0) is 23.9 Å². The second kappa shape index (κ2) is 21.1. The summed E-state index contributed by atoms with van der Waals surface area (Å²) >= 11 is 0.0199. The van der Waals surface area contributed by atoms with E-state index >= 15 is 0 Å². The van der Waals surface area contributed by atoms with Crippen LogP contribution in [0.3, 0.4) is 0 Å². The van der Waals surface area contributed by atoms with Gasteiger partial charge in [-0.3, -0.25) is 0 Å². The number of carbonyl (C=O) groups excluding carboxylic acids is 3. The molecule has 0 heterocycles. The molecular formula is C30H49NO5Se. The number of hydrogen-bond acceptors (Lipinski definition) is 5. The van der Waals surface area contributed by atoms with Crippen LogP contribution in [0, 0.1) is 0 Å². The van der Waals surface area contributed by atoms with Gasteiger partial charge in [0, 0.05) is 0 Å². The summed E-state index contributed by atoms with van der Waals surface area (Å²) in [4.78, 5) is 35.6. The van der Waals surface area contributed by atoms with Gasteiger partial charge < -0.3 is 0 Å². The Morgan fingerprint density at radius 1 is 0.784 bits per heavy atom. The van der Waals surface area contributed by atoms with Crippen molar-refractivity contribution < 1.29 is 23.9 Å². The van der Waals surface area contributed by atoms with E-state index in [1.54, 1.807) is 0 Å². The van der Waals surface area contributed by atoms with Crippen LogP contribution in [0.25, 0.3) is 0 Å². The van der Waals surface area contributed by atoms with Gasteiger partial charge in [-0.25, -0.2) is 0 Å². The SMILES string of the molecule is CCCCCCCCCCCCCC[C@@H]([Se]c1ccccc1)[C@H](OC(C)=O)[C@H](COC(C)=O)NC(C)=O. The van der Waals surface area contributed by atoms with Gasteiger partial charge in [-0.2, -0.15) is 0 Å². The van der Waals surface area contributed by atoms with Crippen molar-refractivity contribution in [1.29, 1.82) is 0 Å². The Kier molecular flexibility index (Phi) is 18.9. The molecule has 0 spiro atoms. The van der Waals surface area contributed by atoms with Gasteiger partial charge in [-0.1, -0.05) is 19.8 Å². The zero-order valence-electron chi connectivity index (χ0n) is 23.5. The molecule has 0 radical (unpaired) electrons. The van der Waals surface area contributed by atoms with Crippen molar-refractivity contribution in [3.8, 4) is 0 Å². The van der Waals surface area contributed by atoms with Gasteiger partial charge in [0.1, 0.15) is 0 Å². The molecule has 0 aromatic heterocycles. The molecule has 0 aliphatic carbocycles. The molecule has 1 N–H and O–H groups in total. The average Bonchev–Trinajstić information content (AvgIpc) is 2.85. The Morgan fingerprint density at radius 3 is 1.81 bits per heavy atom. The summed E-state index contributed by atoms with van der Waals surface area (Å²) in [5.41, 5.74) is 0. The third kappa shape index (κ3) is 17.3. The van der Waals surface area contributed by atoms with Crippen molar-refractivity contribution in [2.45, 2.75) is 128 Å². The number of carbonyl (C=O) groups is 3. The number of rotatable bonds is 21. The molecule has 0 fully saturated rings. The summed E-state index contributed by atoms with van der Waals surface area (Å²) in [6.45, 7) is 6.39. The summed E-state index contributed by atoms with van der Waals surface area (Å²) in [6, 6.07) is 9.63. The van der Waals surface area contributed by atoms with Crippen LogP contribution >= 0.6 is 0 Å². The first-order chi connectivity index (χ1) is 17.8. The summed E-state index contributed by atoms with van der Waals surface area (Å²) in [5, 5.41) is 2.87. The summed E-state index contributed by atoms with van der Waals surface area (Å²) in [5.74, 6) is -1.07. The van der Waals surface area contributed by atoms with Crippen molar-refractivity contribution in [1.82, 2.24) is 5.32 Å². The van der Waals surface area contributed by atoms with Crippen molar-refractivity contribution in [2.24, 2.45) is 0 Å². The van der Waals surface area contributed by atoms with E-state index in [9.17, 15) is 14.4 Å². The number of benzene rings is 1. The van der Waals surface area contributed by atoms with Crippen molar-refractivity contribution in [3.05, 3.63) is 30.3 Å². The molecule has 0 aliphatic rings. The zero-order valence-corrected chi connectivity index (χ0v) is 25.2. The van der Waals surface area contributed by atoms with Crippen LogP contribution in [0.1, 0.15) is 111 Å². The Morgan fingerprint density at radius 2 is 1.32 bits per heavy atom. The van der Waals surface area contributed by atoms with E-state index in [1.807, 2.05) is 18.2 Å². The van der Waals surface area contributed by atoms with Gasteiger partial charge in [-0.15, -0.1) is 0 Å². The molecule has 6 nitrogen and oxygen atoms in total. The quantitative estimate of drug-likeness (QED) is 0.111. The number of amides is 1. The summed E-state index contributed by atoms with van der Waals surface area (Å²) in [6.07, 6.45) is 15.7. The van der Waals surface area contributed by atoms with Gasteiger partial charge in [0.2, 0.25) is 0 Å². The van der Waals surface area contributed by atoms with E-state index in [2.05, 4.69) is 24.4 Å². The average molecular weight is 583 g/mol. The van der Waals surface area contributed by atoms with Gasteiger partial charge in [0.15, 0.2) is 0 Å². The third-order valence-electron chi connectivity index (χ3n) is 6.29. The van der Waals surface area contributed by atoms with E-state index in [-0.39, 0.29) is 32.3 Å². The molecule has 7 heteroatoms. The van der Waals surface area contributed by atoms with Crippen LogP contribution in [0.2, 0.25) is 4.82 Å². The third-order valence-corrected chi connectivity index (χ3v) is 9.13. The number of unbranched alkanes of at least 4 members (excludes halogenated alkanes) is 11. The zero-order chi connectivity index (χ0) is 27.3. The maximum absolute atomic E-state index is 12.1. The predicted octanol–water partition coefficient (Wildman–Crippen LogP) is 5.90. The van der Waals surface area contributed by atoms with Crippen LogP contribution < -0.4 is 9.78 Å². The first-order valence-electron chi connectivity index (χ1n) is 14.1. The molecule has 0 saturated carbocycles. The molecule has 0 saturated heterocycles. The standard InChI is InChI=1S/C30H49NO5Se/c1-5-6-7-8-9-10-11-12-13-14-15-19-22-29(37-27-20-17-16-18-21-27)30(36-26(4)34)28(31-24(2)32)23-35-25(3)33/h16-18,20-21,28-30H,5-15,19,22-23H2,1-4H3,(H,31,32)/t28-,29+,30+/m0/s1. The molecule has 1 rings (SSSR count). The fourth-order valence-corrected chi connectivity index (χ4v) is 7.23. The maximum atomic E-state index is 12.1. The molecule has 3 atom stereocenters. The van der Waals surface area contributed by atoms with Crippen molar-refractivity contribution in [2.75, 3.05) is 6.61 Å². The van der Waals surface area contributed by atoms with Crippen LogP contribution in [0.15, 0.2) is 30.3 Å². The monoisotopic (exact) mass is 583 g/mol. The van der Waals surface area contributed by atoms with Crippen LogP contribution in [-0.4, -0.2) is 51.6 Å². The van der Waals surface area contributed by atoms with E-state index < -0.39 is 24.1 Å². The van der Waals surface area contributed by atoms with Gasteiger partial charge in [-0.05, 0) is 0 Å². The van der Waals surface area contributed by atoms with E-state index in [0.717, 1.165) is 19.3 Å². The van der Waals surface area contributed by atoms with E-state index in [0.29, 0.717) is 0 Å². The first-order valence-corrected chi connectivity index (χ1v) is 16.0. The Balaban J connectivity index is 2.71. The number of hydrogen-bond donors (Lipinski definition) is 1. The number of nitrogens with one attached hydrogen (secondary N) is 1. The normalized spacial score (nSPS) is 13.4. The molecule has 0 aliphatic heterocycles. The molecular weight excluding hydrogens is 533 g/mol. The van der Waals surface area contributed by atoms with Crippen molar-refractivity contribution in [3.63, 3.8) is 0 Å². The second-order valence-electron chi connectivity index (χ2n) is 9.83. The molecule has 0 unspecified atom stereocenters. The van der Waals surface area contributed by atoms with Gasteiger partial charge in [0.25, 0.3) is 0 Å². The Bertz CT molecular complexity index is 758. The molecule has 1 aromatic carbocycles. The summed E-state index contributed by atoms with van der Waals surface area (Å²) in [7, 11) is 0. The molecule has 0 bridgehead atoms. The van der Waals surface area contributed by atoms with Crippen LogP contribution in [0.5, 0.6) is 0 Å². The van der Waals surface area contributed by atoms with Gasteiger partial charge >= 0.3 is 212 Å². The molecule has 1 amide bonds. The minimum atomic E-state index is -0.585. The number of esters is 2. The Hall–Kier alpha value is -1.85. The molecule has 37 heavy (non-hydrogen) atoms. The minimum absolute atomic E-state index is 0.0199. The second-order valence-corrected chi connectivity index (χ2v) is 12.6. The summed E-state index contributed by atoms with van der Waals surface area (Å²) < 4.78 is 12.3. The first kappa shape index (κ1) is 33.2. The predicted molar refractivity (Wildman–Crippen MR) is 151 cm³/mol. The van der Waals surface area contributed by atoms with Crippen molar-refractivity contribution >= 4 is 37.3 Å². The molecule has 210 valence electrons. The fourth-order valence-electron chi connectivity index (χ4n) is 4.45. The van der Waals surface area contributed by atoms with E-state index in [4.69, 9.17) is 9.47 Å². The topological polar surface area (TPSA) is 81.7 Å². The number of ether oxygens (including phenoxy) is 2.